The van der Waals surface area contributed by atoms with Gasteiger partial charge in [0.1, 0.15) is 0 Å². The van der Waals surface area contributed by atoms with E-state index >= 15 is 0 Å². The third-order valence-corrected chi connectivity index (χ3v) is 3.52. The zero-order valence-electron chi connectivity index (χ0n) is 10.2. The van der Waals surface area contributed by atoms with Crippen molar-refractivity contribution in [1.82, 2.24) is 4.98 Å². The first-order valence-electron chi connectivity index (χ1n) is 5.87. The molecule has 2 aromatic rings. The van der Waals surface area contributed by atoms with Crippen LogP contribution < -0.4 is 0 Å². The molecule has 0 bridgehead atoms. The van der Waals surface area contributed by atoms with Gasteiger partial charge in [0.15, 0.2) is 0 Å². The van der Waals surface area contributed by atoms with E-state index in [-0.39, 0.29) is 12.5 Å². The molecule has 2 heteroatoms. The summed E-state index contributed by atoms with van der Waals surface area (Å²) in [6, 6.07) is 6.43. The molecule has 2 rings (SSSR count). The Balaban J connectivity index is 2.54. The number of rotatable bonds is 3. The summed E-state index contributed by atoms with van der Waals surface area (Å²) in [5.74, 6) is 0.263. The first kappa shape index (κ1) is 11.2. The number of hydrogen-bond acceptors (Lipinski definition) is 1. The van der Waals surface area contributed by atoms with Crippen LogP contribution in [0.1, 0.15) is 36.1 Å². The van der Waals surface area contributed by atoms with E-state index in [1.54, 1.807) is 0 Å². The van der Waals surface area contributed by atoms with Gasteiger partial charge in [0.05, 0.1) is 0 Å². The first-order valence-corrected chi connectivity index (χ1v) is 5.87. The maximum absolute atomic E-state index is 9.32. The van der Waals surface area contributed by atoms with Gasteiger partial charge in [0.2, 0.25) is 0 Å². The van der Waals surface area contributed by atoms with E-state index < -0.39 is 0 Å². The Morgan fingerprint density at radius 1 is 1.31 bits per heavy atom. The fourth-order valence-corrected chi connectivity index (χ4v) is 2.20. The van der Waals surface area contributed by atoms with E-state index in [1.165, 1.54) is 27.7 Å². The molecule has 0 saturated carbocycles. The lowest BCUT2D eigenvalue weighted by Gasteiger charge is -2.11. The number of aryl methyl sites for hydroxylation is 2. The lowest BCUT2D eigenvalue weighted by Crippen LogP contribution is -2.02. The van der Waals surface area contributed by atoms with Crippen LogP contribution in [0.4, 0.5) is 0 Å². The highest BCUT2D eigenvalue weighted by atomic mass is 16.3. The van der Waals surface area contributed by atoms with Crippen molar-refractivity contribution in [2.75, 3.05) is 6.61 Å². The fourth-order valence-electron chi connectivity index (χ4n) is 2.20. The van der Waals surface area contributed by atoms with Crippen molar-refractivity contribution >= 4 is 10.9 Å². The molecular weight excluding hydrogens is 198 g/mol. The van der Waals surface area contributed by atoms with Crippen LogP contribution in [0.25, 0.3) is 10.9 Å². The molecule has 1 aromatic carbocycles. The van der Waals surface area contributed by atoms with Crippen LogP contribution in [0.15, 0.2) is 18.2 Å². The lowest BCUT2D eigenvalue weighted by molar-refractivity contribution is 0.262. The number of aromatic nitrogens is 1. The second-order valence-electron chi connectivity index (χ2n) is 4.47. The molecule has 2 N–H and O–H groups in total. The molecule has 1 heterocycles. The van der Waals surface area contributed by atoms with Gasteiger partial charge in [-0.3, -0.25) is 0 Å². The third-order valence-electron chi connectivity index (χ3n) is 3.52. The number of benzene rings is 1. The monoisotopic (exact) mass is 217 g/mol. The van der Waals surface area contributed by atoms with Crippen molar-refractivity contribution in [1.29, 1.82) is 0 Å². The molecule has 0 spiro atoms. The number of fused-ring (bicyclic) bond motifs is 1. The number of hydrogen-bond donors (Lipinski definition) is 2. The molecule has 0 aliphatic rings. The average molecular weight is 217 g/mol. The molecule has 0 radical (unpaired) electrons. The average Bonchev–Trinajstić information content (AvgIpc) is 2.57. The van der Waals surface area contributed by atoms with Gasteiger partial charge in [0, 0.05) is 29.1 Å². The number of aliphatic hydroxyl groups is 1. The number of H-pyrrole nitrogens is 1. The Kier molecular flexibility index (Phi) is 3.01. The van der Waals surface area contributed by atoms with Crippen LogP contribution in [0.3, 0.4) is 0 Å². The second kappa shape index (κ2) is 4.30. The van der Waals surface area contributed by atoms with Crippen molar-refractivity contribution in [2.24, 2.45) is 0 Å². The molecular formula is C14H19NO. The van der Waals surface area contributed by atoms with Gasteiger partial charge in [-0.15, -0.1) is 0 Å². The number of aliphatic hydroxyl groups excluding tert-OH is 1. The minimum atomic E-state index is 0.227. The smallest absolute Gasteiger partial charge is 0.0499 e. The van der Waals surface area contributed by atoms with Crippen molar-refractivity contribution < 1.29 is 5.11 Å². The Morgan fingerprint density at radius 2 is 2.06 bits per heavy atom. The first-order chi connectivity index (χ1) is 7.67. The van der Waals surface area contributed by atoms with E-state index in [0.29, 0.717) is 0 Å². The van der Waals surface area contributed by atoms with E-state index in [2.05, 4.69) is 44.0 Å². The zero-order valence-corrected chi connectivity index (χ0v) is 10.2. The SMILES string of the molecule is CCC(CO)c1ccc2[nH]c(C)c(C)c2c1. The van der Waals surface area contributed by atoms with E-state index in [0.717, 1.165) is 6.42 Å². The van der Waals surface area contributed by atoms with Gasteiger partial charge in [-0.25, -0.2) is 0 Å². The summed E-state index contributed by atoms with van der Waals surface area (Å²) in [6.07, 6.45) is 0.977. The second-order valence-corrected chi connectivity index (χ2v) is 4.47. The summed E-state index contributed by atoms with van der Waals surface area (Å²) in [5.41, 5.74) is 4.96. The summed E-state index contributed by atoms with van der Waals surface area (Å²) in [6.45, 7) is 6.57. The topological polar surface area (TPSA) is 36.0 Å². The number of nitrogens with one attached hydrogen (secondary N) is 1. The van der Waals surface area contributed by atoms with Gasteiger partial charge >= 0.3 is 0 Å². The highest BCUT2D eigenvalue weighted by molar-refractivity contribution is 5.85. The normalized spacial score (nSPS) is 13.2. The Bertz CT molecular complexity index is 495. The molecule has 0 aliphatic carbocycles. The molecule has 0 fully saturated rings. The number of aromatic amines is 1. The van der Waals surface area contributed by atoms with Gasteiger partial charge in [-0.2, -0.15) is 0 Å². The van der Waals surface area contributed by atoms with Crippen LogP contribution >= 0.6 is 0 Å². The molecule has 1 unspecified atom stereocenters. The van der Waals surface area contributed by atoms with Crippen molar-refractivity contribution in [2.45, 2.75) is 33.1 Å². The minimum Gasteiger partial charge on any atom is -0.396 e. The summed E-state index contributed by atoms with van der Waals surface area (Å²) in [5, 5.41) is 10.6. The van der Waals surface area contributed by atoms with Crippen LogP contribution in [0.5, 0.6) is 0 Å². The Labute approximate surface area is 96.3 Å². The predicted molar refractivity (Wildman–Crippen MR) is 67.9 cm³/mol. The van der Waals surface area contributed by atoms with Crippen molar-refractivity contribution in [3.63, 3.8) is 0 Å². The molecule has 2 nitrogen and oxygen atoms in total. The Hall–Kier alpha value is -1.28. The van der Waals surface area contributed by atoms with Gasteiger partial charge in [-0.1, -0.05) is 13.0 Å². The summed E-state index contributed by atoms with van der Waals surface area (Å²) in [7, 11) is 0. The lowest BCUT2D eigenvalue weighted by atomic mass is 9.95. The highest BCUT2D eigenvalue weighted by Crippen LogP contribution is 2.26. The molecule has 86 valence electrons. The van der Waals surface area contributed by atoms with Gasteiger partial charge in [0.25, 0.3) is 0 Å². The summed E-state index contributed by atoms with van der Waals surface area (Å²) in [4.78, 5) is 3.37. The standard InChI is InChI=1S/C14H19NO/c1-4-11(8-16)12-5-6-14-13(7-12)9(2)10(3)15-14/h5-7,11,15-16H,4,8H2,1-3H3. The van der Waals surface area contributed by atoms with Crippen LogP contribution in [-0.4, -0.2) is 16.7 Å². The maximum Gasteiger partial charge on any atom is 0.0499 e. The van der Waals surface area contributed by atoms with E-state index in [4.69, 9.17) is 0 Å². The quantitative estimate of drug-likeness (QED) is 0.813. The molecule has 16 heavy (non-hydrogen) atoms. The van der Waals surface area contributed by atoms with Crippen LogP contribution in [0.2, 0.25) is 0 Å². The van der Waals surface area contributed by atoms with Crippen LogP contribution in [0, 0.1) is 13.8 Å². The third kappa shape index (κ3) is 1.74. The van der Waals surface area contributed by atoms with Crippen molar-refractivity contribution in [3.05, 3.63) is 35.0 Å². The molecule has 1 aromatic heterocycles. The maximum atomic E-state index is 9.32. The van der Waals surface area contributed by atoms with Crippen molar-refractivity contribution in [3.8, 4) is 0 Å². The molecule has 0 aliphatic heterocycles. The van der Waals surface area contributed by atoms with Gasteiger partial charge < -0.3 is 10.1 Å². The minimum absolute atomic E-state index is 0.227. The fraction of sp³-hybridized carbons (Fsp3) is 0.429. The zero-order chi connectivity index (χ0) is 11.7. The van der Waals surface area contributed by atoms with E-state index in [1.807, 2.05) is 0 Å². The predicted octanol–water partition coefficient (Wildman–Crippen LogP) is 3.27. The van der Waals surface area contributed by atoms with Gasteiger partial charge in [-0.05, 0) is 43.5 Å². The molecule has 0 amide bonds. The summed E-state index contributed by atoms with van der Waals surface area (Å²) < 4.78 is 0. The Morgan fingerprint density at radius 3 is 2.69 bits per heavy atom. The van der Waals surface area contributed by atoms with E-state index in [9.17, 15) is 5.11 Å². The largest absolute Gasteiger partial charge is 0.396 e. The van der Waals surface area contributed by atoms with Crippen LogP contribution in [-0.2, 0) is 0 Å². The summed E-state index contributed by atoms with van der Waals surface area (Å²) >= 11 is 0. The molecule has 0 saturated heterocycles. The molecule has 1 atom stereocenters. The highest BCUT2D eigenvalue weighted by Gasteiger charge is 2.10.